The summed E-state index contributed by atoms with van der Waals surface area (Å²) in [5, 5.41) is 0. The number of aromatic nitrogens is 2. The molecule has 0 bridgehead atoms. The highest BCUT2D eigenvalue weighted by Crippen LogP contribution is 2.21. The van der Waals surface area contributed by atoms with Crippen molar-refractivity contribution >= 4 is 11.8 Å². The fourth-order valence-corrected chi connectivity index (χ4v) is 1.91. The lowest BCUT2D eigenvalue weighted by atomic mass is 10.0. The Morgan fingerprint density at radius 3 is 2.59 bits per heavy atom. The number of hydrazine groups is 1. The first kappa shape index (κ1) is 13.7. The Balaban J connectivity index is 2.90. The van der Waals surface area contributed by atoms with Gasteiger partial charge in [0.1, 0.15) is 5.82 Å². The van der Waals surface area contributed by atoms with E-state index in [1.165, 1.54) is 0 Å². The van der Waals surface area contributed by atoms with Crippen molar-refractivity contribution in [1.82, 2.24) is 9.97 Å². The number of nitrogens with two attached hydrogens (primary N) is 1. The molecule has 3 N–H and O–H groups in total. The van der Waals surface area contributed by atoms with E-state index in [1.807, 2.05) is 6.92 Å². The van der Waals surface area contributed by atoms with E-state index < -0.39 is 0 Å². The topological polar surface area (TPSA) is 67.1 Å². The molecule has 1 aromatic heterocycles. The maximum atomic E-state index is 5.33. The van der Waals surface area contributed by atoms with Crippen molar-refractivity contribution in [2.24, 2.45) is 11.8 Å². The van der Waals surface area contributed by atoms with Gasteiger partial charge in [-0.15, -0.1) is 0 Å². The summed E-state index contributed by atoms with van der Waals surface area (Å²) in [6.07, 6.45) is 2.92. The van der Waals surface area contributed by atoms with E-state index in [2.05, 4.69) is 48.1 Å². The van der Waals surface area contributed by atoms with Crippen LogP contribution in [-0.2, 0) is 0 Å². The van der Waals surface area contributed by atoms with Crippen LogP contribution < -0.4 is 16.2 Å². The number of aryl methyl sites for hydroxylation is 1. The molecule has 1 rings (SSSR count). The zero-order valence-corrected chi connectivity index (χ0v) is 11.4. The van der Waals surface area contributed by atoms with Gasteiger partial charge in [0.25, 0.3) is 0 Å². The Kier molecular flexibility index (Phi) is 4.69. The van der Waals surface area contributed by atoms with Crippen molar-refractivity contribution in [2.45, 2.75) is 40.2 Å². The number of nitrogens with zero attached hydrogens (tertiary/aromatic N) is 3. The second-order valence-electron chi connectivity index (χ2n) is 4.93. The van der Waals surface area contributed by atoms with E-state index >= 15 is 0 Å². The Morgan fingerprint density at radius 1 is 1.41 bits per heavy atom. The van der Waals surface area contributed by atoms with E-state index in [1.54, 1.807) is 6.20 Å². The van der Waals surface area contributed by atoms with Gasteiger partial charge in [0, 0.05) is 24.8 Å². The first-order chi connectivity index (χ1) is 7.95. The lowest BCUT2D eigenvalue weighted by Crippen LogP contribution is -2.31. The molecule has 0 radical (unpaired) electrons. The van der Waals surface area contributed by atoms with Crippen molar-refractivity contribution in [1.29, 1.82) is 0 Å². The molecule has 96 valence electrons. The van der Waals surface area contributed by atoms with E-state index in [0.29, 0.717) is 17.9 Å². The van der Waals surface area contributed by atoms with Gasteiger partial charge in [0.05, 0.1) is 0 Å². The zero-order chi connectivity index (χ0) is 13.0. The summed E-state index contributed by atoms with van der Waals surface area (Å²) in [4.78, 5) is 10.7. The Morgan fingerprint density at radius 2 is 2.06 bits per heavy atom. The van der Waals surface area contributed by atoms with Crippen LogP contribution >= 0.6 is 0 Å². The van der Waals surface area contributed by atoms with E-state index in [0.717, 1.165) is 17.8 Å². The van der Waals surface area contributed by atoms with Crippen molar-refractivity contribution in [3.63, 3.8) is 0 Å². The van der Waals surface area contributed by atoms with Crippen molar-refractivity contribution < 1.29 is 0 Å². The SMILES string of the molecule is Cc1cnc(NN)nc1N(C)C(C)CC(C)C. The average Bonchev–Trinajstić information content (AvgIpc) is 2.28. The van der Waals surface area contributed by atoms with Crippen LogP contribution in [0.3, 0.4) is 0 Å². The predicted molar refractivity (Wildman–Crippen MR) is 71.9 cm³/mol. The quantitative estimate of drug-likeness (QED) is 0.605. The second kappa shape index (κ2) is 5.82. The number of nitrogen functional groups attached to an aromatic ring is 1. The Labute approximate surface area is 103 Å². The molecular weight excluding hydrogens is 214 g/mol. The van der Waals surface area contributed by atoms with Crippen LogP contribution in [0.1, 0.15) is 32.8 Å². The van der Waals surface area contributed by atoms with Gasteiger partial charge in [-0.25, -0.2) is 10.8 Å². The van der Waals surface area contributed by atoms with E-state index in [9.17, 15) is 0 Å². The molecule has 5 nitrogen and oxygen atoms in total. The lowest BCUT2D eigenvalue weighted by Gasteiger charge is -2.28. The molecule has 1 heterocycles. The standard InChI is InChI=1S/C12H23N5/c1-8(2)6-10(4)17(5)11-9(3)7-14-12(15-11)16-13/h7-8,10H,6,13H2,1-5H3,(H,14,15,16). The van der Waals surface area contributed by atoms with Crippen molar-refractivity contribution in [3.8, 4) is 0 Å². The van der Waals surface area contributed by atoms with Crippen LogP contribution in [0.15, 0.2) is 6.20 Å². The third kappa shape index (κ3) is 3.56. The van der Waals surface area contributed by atoms with E-state index in [4.69, 9.17) is 5.84 Å². The normalized spacial score (nSPS) is 12.6. The molecule has 17 heavy (non-hydrogen) atoms. The van der Waals surface area contributed by atoms with Gasteiger partial charge in [-0.2, -0.15) is 4.98 Å². The number of rotatable bonds is 5. The first-order valence-corrected chi connectivity index (χ1v) is 5.98. The summed E-state index contributed by atoms with van der Waals surface area (Å²) in [6.45, 7) is 8.67. The summed E-state index contributed by atoms with van der Waals surface area (Å²) >= 11 is 0. The van der Waals surface area contributed by atoms with Crippen LogP contribution in [-0.4, -0.2) is 23.1 Å². The van der Waals surface area contributed by atoms with Gasteiger partial charge >= 0.3 is 0 Å². The summed E-state index contributed by atoms with van der Waals surface area (Å²) < 4.78 is 0. The van der Waals surface area contributed by atoms with Crippen molar-refractivity contribution in [3.05, 3.63) is 11.8 Å². The summed E-state index contributed by atoms with van der Waals surface area (Å²) in [7, 11) is 2.06. The van der Waals surface area contributed by atoms with Crippen LogP contribution in [0.4, 0.5) is 11.8 Å². The Bertz CT molecular complexity index is 364. The number of anilines is 2. The number of hydrogen-bond donors (Lipinski definition) is 2. The number of nitrogens with one attached hydrogen (secondary N) is 1. The first-order valence-electron chi connectivity index (χ1n) is 5.98. The molecule has 0 fully saturated rings. The highest BCUT2D eigenvalue weighted by molar-refractivity contribution is 5.48. The minimum atomic E-state index is 0.439. The maximum Gasteiger partial charge on any atom is 0.239 e. The molecule has 0 spiro atoms. The smallest absolute Gasteiger partial charge is 0.239 e. The zero-order valence-electron chi connectivity index (χ0n) is 11.4. The van der Waals surface area contributed by atoms with Gasteiger partial charge in [0.2, 0.25) is 5.95 Å². The summed E-state index contributed by atoms with van der Waals surface area (Å²) in [5.41, 5.74) is 3.54. The molecule has 0 aliphatic rings. The highest BCUT2D eigenvalue weighted by Gasteiger charge is 2.15. The van der Waals surface area contributed by atoms with Crippen LogP contribution in [0.25, 0.3) is 0 Å². The largest absolute Gasteiger partial charge is 0.357 e. The van der Waals surface area contributed by atoms with Gasteiger partial charge in [-0.05, 0) is 26.2 Å². The maximum absolute atomic E-state index is 5.33. The van der Waals surface area contributed by atoms with E-state index in [-0.39, 0.29) is 0 Å². The summed E-state index contributed by atoms with van der Waals surface area (Å²) in [5.74, 6) is 7.39. The van der Waals surface area contributed by atoms with Crippen molar-refractivity contribution in [2.75, 3.05) is 17.4 Å². The van der Waals surface area contributed by atoms with Crippen LogP contribution in [0.2, 0.25) is 0 Å². The molecule has 0 saturated carbocycles. The van der Waals surface area contributed by atoms with Gasteiger partial charge < -0.3 is 4.90 Å². The van der Waals surface area contributed by atoms with Gasteiger partial charge in [-0.3, -0.25) is 5.43 Å². The third-order valence-corrected chi connectivity index (χ3v) is 2.88. The monoisotopic (exact) mass is 237 g/mol. The number of hydrogen-bond acceptors (Lipinski definition) is 5. The molecule has 1 atom stereocenters. The average molecular weight is 237 g/mol. The molecule has 0 amide bonds. The highest BCUT2D eigenvalue weighted by atomic mass is 15.3. The predicted octanol–water partition coefficient (Wildman–Crippen LogP) is 1.94. The van der Waals surface area contributed by atoms with Crippen LogP contribution in [0, 0.1) is 12.8 Å². The molecule has 1 unspecified atom stereocenters. The molecule has 1 aromatic rings. The molecular formula is C12H23N5. The third-order valence-electron chi connectivity index (χ3n) is 2.88. The minimum absolute atomic E-state index is 0.439. The fraction of sp³-hybridized carbons (Fsp3) is 0.667. The molecule has 5 heteroatoms. The van der Waals surface area contributed by atoms with Gasteiger partial charge in [0.15, 0.2) is 0 Å². The summed E-state index contributed by atoms with van der Waals surface area (Å²) in [6, 6.07) is 0.439. The molecule has 0 aromatic carbocycles. The molecule has 0 aliphatic carbocycles. The van der Waals surface area contributed by atoms with Crippen LogP contribution in [0.5, 0.6) is 0 Å². The molecule has 0 saturated heterocycles. The Hall–Kier alpha value is -1.36. The van der Waals surface area contributed by atoms with Gasteiger partial charge in [-0.1, -0.05) is 13.8 Å². The second-order valence-corrected chi connectivity index (χ2v) is 4.93. The lowest BCUT2D eigenvalue weighted by molar-refractivity contribution is 0.501. The fourth-order valence-electron chi connectivity index (χ4n) is 1.91. The minimum Gasteiger partial charge on any atom is -0.357 e. The molecule has 0 aliphatic heterocycles.